The van der Waals surface area contributed by atoms with E-state index < -0.39 is 0 Å². The number of hydrogen-bond donors (Lipinski definition) is 1. The summed E-state index contributed by atoms with van der Waals surface area (Å²) >= 11 is 1.58. The first kappa shape index (κ1) is 7.30. The van der Waals surface area contributed by atoms with Gasteiger partial charge in [0.05, 0.1) is 12.2 Å². The number of carbonyl (C=O) groups is 1. The summed E-state index contributed by atoms with van der Waals surface area (Å²) in [6.07, 6.45) is 4.52. The molecule has 12 heavy (non-hydrogen) atoms. The molecule has 5 heteroatoms. The highest BCUT2D eigenvalue weighted by molar-refractivity contribution is 7.15. The lowest BCUT2D eigenvalue weighted by molar-refractivity contribution is -0.109. The van der Waals surface area contributed by atoms with Crippen LogP contribution in [0.4, 0.5) is 0 Å². The Morgan fingerprint density at radius 2 is 2.67 bits per heavy atom. The minimum Gasteiger partial charge on any atom is -0.353 e. The maximum atomic E-state index is 9.99. The largest absolute Gasteiger partial charge is 0.353 e. The molecule has 0 aromatic carbocycles. The Kier molecular flexibility index (Phi) is 1.79. The van der Waals surface area contributed by atoms with Gasteiger partial charge >= 0.3 is 0 Å². The summed E-state index contributed by atoms with van der Waals surface area (Å²) < 4.78 is 1.94. The van der Waals surface area contributed by atoms with Crippen molar-refractivity contribution in [3.05, 3.63) is 23.5 Å². The van der Waals surface area contributed by atoms with E-state index in [1.54, 1.807) is 11.3 Å². The molecule has 62 valence electrons. The number of amides is 1. The second-order valence-corrected chi connectivity index (χ2v) is 3.20. The molecule has 1 amide bonds. The molecular formula is C7H7N3OS. The van der Waals surface area contributed by atoms with Gasteiger partial charge in [0, 0.05) is 17.8 Å². The van der Waals surface area contributed by atoms with E-state index in [1.807, 2.05) is 22.2 Å². The summed E-state index contributed by atoms with van der Waals surface area (Å²) in [5.41, 5.74) is 0.883. The van der Waals surface area contributed by atoms with Crippen molar-refractivity contribution >= 4 is 22.7 Å². The van der Waals surface area contributed by atoms with Crippen LogP contribution in [0.3, 0.4) is 0 Å². The first-order chi connectivity index (χ1) is 5.90. The van der Waals surface area contributed by atoms with E-state index in [1.165, 1.54) is 0 Å². The van der Waals surface area contributed by atoms with Gasteiger partial charge in [-0.15, -0.1) is 11.3 Å². The lowest BCUT2D eigenvalue weighted by Gasteiger charge is -1.89. The molecule has 0 atom stereocenters. The number of carbonyl (C=O) groups excluding carboxylic acids is 1. The van der Waals surface area contributed by atoms with Crippen LogP contribution in [-0.4, -0.2) is 15.8 Å². The van der Waals surface area contributed by atoms with Crippen molar-refractivity contribution in [2.45, 2.75) is 6.54 Å². The number of imidazole rings is 1. The van der Waals surface area contributed by atoms with E-state index in [-0.39, 0.29) is 0 Å². The Labute approximate surface area is 72.9 Å². The summed E-state index contributed by atoms with van der Waals surface area (Å²) in [4.78, 5) is 15.2. The number of hydrogen-bond acceptors (Lipinski definition) is 3. The van der Waals surface area contributed by atoms with Crippen LogP contribution in [0.2, 0.25) is 0 Å². The van der Waals surface area contributed by atoms with Crippen LogP contribution < -0.4 is 5.32 Å². The highest BCUT2D eigenvalue weighted by Crippen LogP contribution is 2.10. The summed E-state index contributed by atoms with van der Waals surface area (Å²) in [6.45, 7) is 0.498. The van der Waals surface area contributed by atoms with Gasteiger partial charge in [0.25, 0.3) is 0 Å². The third-order valence-corrected chi connectivity index (χ3v) is 2.28. The van der Waals surface area contributed by atoms with Gasteiger partial charge in [0.15, 0.2) is 4.96 Å². The van der Waals surface area contributed by atoms with Gasteiger partial charge in [-0.25, -0.2) is 4.98 Å². The van der Waals surface area contributed by atoms with Gasteiger partial charge < -0.3 is 5.32 Å². The molecule has 0 saturated heterocycles. The minimum absolute atomic E-state index is 0.498. The first-order valence-electron chi connectivity index (χ1n) is 3.48. The Morgan fingerprint density at radius 1 is 1.75 bits per heavy atom. The maximum absolute atomic E-state index is 9.99. The predicted octanol–water partition coefficient (Wildman–Crippen LogP) is 0.642. The molecule has 0 unspecified atom stereocenters. The van der Waals surface area contributed by atoms with Crippen LogP contribution in [-0.2, 0) is 11.3 Å². The fourth-order valence-electron chi connectivity index (χ4n) is 1.01. The third kappa shape index (κ3) is 1.18. The van der Waals surface area contributed by atoms with Crippen molar-refractivity contribution < 1.29 is 4.79 Å². The molecule has 4 nitrogen and oxygen atoms in total. The van der Waals surface area contributed by atoms with Crippen LogP contribution in [0.25, 0.3) is 4.96 Å². The van der Waals surface area contributed by atoms with Crippen molar-refractivity contribution in [2.24, 2.45) is 0 Å². The van der Waals surface area contributed by atoms with Gasteiger partial charge in [-0.1, -0.05) is 0 Å². The van der Waals surface area contributed by atoms with E-state index in [2.05, 4.69) is 10.3 Å². The standard InChI is InChI=1S/C7H7N3OS/c11-5-8-3-6-4-10-1-2-12-7(10)9-6/h1-2,4-5H,3H2,(H,8,11). The Hall–Kier alpha value is -1.36. The third-order valence-electron chi connectivity index (χ3n) is 1.51. The smallest absolute Gasteiger partial charge is 0.207 e. The number of rotatable bonds is 3. The molecule has 1 N–H and O–H groups in total. The summed E-state index contributed by atoms with van der Waals surface area (Å²) in [7, 11) is 0. The van der Waals surface area contributed by atoms with Gasteiger partial charge in [0.2, 0.25) is 6.41 Å². The lowest BCUT2D eigenvalue weighted by Crippen LogP contribution is -2.09. The Morgan fingerprint density at radius 3 is 3.42 bits per heavy atom. The van der Waals surface area contributed by atoms with Crippen LogP contribution in [0.5, 0.6) is 0 Å². The van der Waals surface area contributed by atoms with E-state index in [4.69, 9.17) is 0 Å². The normalized spacial score (nSPS) is 10.3. The van der Waals surface area contributed by atoms with Crippen LogP contribution in [0.1, 0.15) is 5.69 Å². The SMILES string of the molecule is O=CNCc1cn2ccsc2n1. The predicted molar refractivity (Wildman–Crippen MR) is 46.0 cm³/mol. The quantitative estimate of drug-likeness (QED) is 0.706. The summed E-state index contributed by atoms with van der Waals surface area (Å²) in [5, 5.41) is 4.54. The fourth-order valence-corrected chi connectivity index (χ4v) is 1.73. The molecule has 0 saturated carbocycles. The fraction of sp³-hybridized carbons (Fsp3) is 0.143. The molecule has 0 bridgehead atoms. The average Bonchev–Trinajstić information content (AvgIpc) is 2.58. The second-order valence-electron chi connectivity index (χ2n) is 2.32. The van der Waals surface area contributed by atoms with Gasteiger partial charge in [0.1, 0.15) is 0 Å². The molecule has 0 radical (unpaired) electrons. The zero-order valence-corrected chi connectivity index (χ0v) is 7.04. The van der Waals surface area contributed by atoms with Crippen molar-refractivity contribution in [2.75, 3.05) is 0 Å². The minimum atomic E-state index is 0.498. The lowest BCUT2D eigenvalue weighted by atomic mass is 10.5. The average molecular weight is 181 g/mol. The Balaban J connectivity index is 2.26. The highest BCUT2D eigenvalue weighted by Gasteiger charge is 2.00. The zero-order valence-electron chi connectivity index (χ0n) is 6.23. The van der Waals surface area contributed by atoms with E-state index in [0.29, 0.717) is 13.0 Å². The molecule has 0 aliphatic carbocycles. The molecule has 0 spiro atoms. The molecule has 2 rings (SSSR count). The zero-order chi connectivity index (χ0) is 8.39. The van der Waals surface area contributed by atoms with E-state index in [9.17, 15) is 4.79 Å². The number of nitrogens with one attached hydrogen (secondary N) is 1. The van der Waals surface area contributed by atoms with Gasteiger partial charge in [-0.2, -0.15) is 0 Å². The van der Waals surface area contributed by atoms with Crippen LogP contribution in [0.15, 0.2) is 17.8 Å². The van der Waals surface area contributed by atoms with E-state index >= 15 is 0 Å². The summed E-state index contributed by atoms with van der Waals surface area (Å²) in [6, 6.07) is 0. The van der Waals surface area contributed by atoms with Gasteiger partial charge in [-0.3, -0.25) is 9.20 Å². The van der Waals surface area contributed by atoms with Crippen molar-refractivity contribution in [1.29, 1.82) is 0 Å². The first-order valence-corrected chi connectivity index (χ1v) is 4.36. The monoisotopic (exact) mass is 181 g/mol. The molecule has 0 fully saturated rings. The topological polar surface area (TPSA) is 46.4 Å². The highest BCUT2D eigenvalue weighted by atomic mass is 32.1. The molecule has 2 aromatic rings. The van der Waals surface area contributed by atoms with Crippen LogP contribution >= 0.6 is 11.3 Å². The number of aromatic nitrogens is 2. The van der Waals surface area contributed by atoms with Crippen molar-refractivity contribution in [3.8, 4) is 0 Å². The number of thiazole rings is 1. The summed E-state index contributed by atoms with van der Waals surface area (Å²) in [5.74, 6) is 0. The molecular weight excluding hydrogens is 174 g/mol. The molecule has 2 heterocycles. The van der Waals surface area contributed by atoms with E-state index in [0.717, 1.165) is 10.7 Å². The maximum Gasteiger partial charge on any atom is 0.207 e. The molecule has 0 aliphatic rings. The number of fused-ring (bicyclic) bond motifs is 1. The second kappa shape index (κ2) is 2.94. The van der Waals surface area contributed by atoms with Crippen molar-refractivity contribution in [3.63, 3.8) is 0 Å². The number of nitrogens with zero attached hydrogens (tertiary/aromatic N) is 2. The van der Waals surface area contributed by atoms with Crippen molar-refractivity contribution in [1.82, 2.24) is 14.7 Å². The molecule has 0 aliphatic heterocycles. The Bertz CT molecular complexity index is 363. The van der Waals surface area contributed by atoms with Crippen LogP contribution in [0, 0.1) is 0 Å². The molecule has 2 aromatic heterocycles. The van der Waals surface area contributed by atoms with Gasteiger partial charge in [-0.05, 0) is 0 Å².